The van der Waals surface area contributed by atoms with Crippen LogP contribution in [0.4, 0.5) is 0 Å². The van der Waals surface area contributed by atoms with E-state index in [4.69, 9.17) is 14.2 Å². The lowest BCUT2D eigenvalue weighted by Gasteiger charge is -2.08. The fraction of sp³-hybridized carbons (Fsp3) is 0.462. The molecule has 0 spiro atoms. The Morgan fingerprint density at radius 2 is 1.74 bits per heavy atom. The fourth-order valence-corrected chi connectivity index (χ4v) is 1.60. The molecule has 1 rings (SSSR count). The second-order valence-electron chi connectivity index (χ2n) is 3.58. The normalized spacial score (nSPS) is 16.3. The van der Waals surface area contributed by atoms with E-state index in [1.807, 2.05) is 0 Å². The Kier molecular flexibility index (Phi) is 5.29. The van der Waals surface area contributed by atoms with Crippen molar-refractivity contribution in [3.8, 4) is 0 Å². The zero-order valence-corrected chi connectivity index (χ0v) is 11.1. The van der Waals surface area contributed by atoms with Crippen molar-refractivity contribution in [3.05, 3.63) is 22.8 Å². The summed E-state index contributed by atoms with van der Waals surface area (Å²) in [4.78, 5) is 35.3. The van der Waals surface area contributed by atoms with Crippen LogP contribution >= 0.6 is 0 Å². The highest BCUT2D eigenvalue weighted by Gasteiger charge is 2.35. The third-order valence-electron chi connectivity index (χ3n) is 2.44. The molecule has 6 heteroatoms. The van der Waals surface area contributed by atoms with Crippen molar-refractivity contribution in [3.63, 3.8) is 0 Å². The van der Waals surface area contributed by atoms with E-state index in [-0.39, 0.29) is 25.4 Å². The topological polar surface area (TPSA) is 78.9 Å². The van der Waals surface area contributed by atoms with E-state index in [0.29, 0.717) is 5.57 Å². The molecule has 0 N–H and O–H groups in total. The van der Waals surface area contributed by atoms with Crippen molar-refractivity contribution in [1.82, 2.24) is 0 Å². The van der Waals surface area contributed by atoms with E-state index in [1.165, 1.54) is 0 Å². The van der Waals surface area contributed by atoms with Gasteiger partial charge in [-0.1, -0.05) is 6.08 Å². The molecule has 1 heterocycles. The minimum Gasteiger partial charge on any atom is -0.462 e. The maximum atomic E-state index is 11.8. The molecule has 0 radical (unpaired) electrons. The van der Waals surface area contributed by atoms with E-state index in [2.05, 4.69) is 0 Å². The molecule has 1 saturated heterocycles. The lowest BCUT2D eigenvalue weighted by molar-refractivity contribution is -0.147. The molecule has 104 valence electrons. The van der Waals surface area contributed by atoms with Gasteiger partial charge >= 0.3 is 17.9 Å². The smallest absolute Gasteiger partial charge is 0.346 e. The van der Waals surface area contributed by atoms with Crippen LogP contribution < -0.4 is 0 Å². The molecule has 0 unspecified atom stereocenters. The average molecular weight is 268 g/mol. The zero-order chi connectivity index (χ0) is 14.4. The summed E-state index contributed by atoms with van der Waals surface area (Å²) in [5.74, 6) is -2.48. The van der Waals surface area contributed by atoms with Crippen LogP contribution in [0.1, 0.15) is 20.8 Å². The lowest BCUT2D eigenvalue weighted by atomic mass is 10.0. The maximum Gasteiger partial charge on any atom is 0.346 e. The van der Waals surface area contributed by atoms with Crippen LogP contribution in [0.5, 0.6) is 0 Å². The van der Waals surface area contributed by atoms with Gasteiger partial charge in [-0.25, -0.2) is 14.4 Å². The predicted molar refractivity (Wildman–Crippen MR) is 65.0 cm³/mol. The molecule has 1 aliphatic heterocycles. The first-order valence-corrected chi connectivity index (χ1v) is 5.97. The molecule has 0 atom stereocenters. The summed E-state index contributed by atoms with van der Waals surface area (Å²) < 4.78 is 14.4. The molecule has 0 aromatic rings. The first-order chi connectivity index (χ1) is 9.06. The highest BCUT2D eigenvalue weighted by atomic mass is 16.6. The molecule has 1 aliphatic rings. The minimum absolute atomic E-state index is 0.0347. The predicted octanol–water partition coefficient (Wildman–Crippen LogP) is 0.912. The number of hydrogen-bond acceptors (Lipinski definition) is 6. The van der Waals surface area contributed by atoms with E-state index >= 15 is 0 Å². The maximum absolute atomic E-state index is 11.8. The Labute approximate surface area is 111 Å². The van der Waals surface area contributed by atoms with Gasteiger partial charge in [-0.3, -0.25) is 0 Å². The molecule has 19 heavy (non-hydrogen) atoms. The molecule has 0 aliphatic carbocycles. The van der Waals surface area contributed by atoms with Gasteiger partial charge in [0.05, 0.1) is 18.8 Å². The third kappa shape index (κ3) is 3.21. The van der Waals surface area contributed by atoms with Crippen LogP contribution in [0.3, 0.4) is 0 Å². The van der Waals surface area contributed by atoms with Crippen LogP contribution in [-0.4, -0.2) is 37.7 Å². The standard InChI is InChI=1S/C13H16O6/c1-4-8-7-19-11(14)9(8)10(12(15)17-5-2)13(16)18-6-3/h4H,5-7H2,1-3H3/b8-4+. The molecular weight excluding hydrogens is 252 g/mol. The van der Waals surface area contributed by atoms with Crippen molar-refractivity contribution >= 4 is 17.9 Å². The summed E-state index contributed by atoms with van der Waals surface area (Å²) in [7, 11) is 0. The highest BCUT2D eigenvalue weighted by molar-refractivity contribution is 6.21. The third-order valence-corrected chi connectivity index (χ3v) is 2.44. The van der Waals surface area contributed by atoms with Crippen LogP contribution in [0.15, 0.2) is 22.8 Å². The fourth-order valence-electron chi connectivity index (χ4n) is 1.60. The van der Waals surface area contributed by atoms with Gasteiger partial charge in [0.15, 0.2) is 5.57 Å². The molecule has 0 aromatic carbocycles. The van der Waals surface area contributed by atoms with Gasteiger partial charge in [0.25, 0.3) is 0 Å². The number of cyclic esters (lactones) is 1. The Hall–Kier alpha value is -2.11. The SMILES string of the molecule is C/C=C1\COC(=O)C1=C(C(=O)OCC)C(=O)OCC. The van der Waals surface area contributed by atoms with Gasteiger partial charge in [0.1, 0.15) is 6.61 Å². The first-order valence-electron chi connectivity index (χ1n) is 5.97. The van der Waals surface area contributed by atoms with E-state index < -0.39 is 23.5 Å². The van der Waals surface area contributed by atoms with Crippen molar-refractivity contribution in [1.29, 1.82) is 0 Å². The Morgan fingerprint density at radius 1 is 1.21 bits per heavy atom. The molecule has 0 aromatic heterocycles. The van der Waals surface area contributed by atoms with Crippen LogP contribution in [-0.2, 0) is 28.6 Å². The van der Waals surface area contributed by atoms with Gasteiger partial charge < -0.3 is 14.2 Å². The quantitative estimate of drug-likeness (QED) is 0.248. The van der Waals surface area contributed by atoms with Gasteiger partial charge in [0, 0.05) is 5.57 Å². The van der Waals surface area contributed by atoms with Gasteiger partial charge in [0.2, 0.25) is 0 Å². The second kappa shape index (κ2) is 6.72. The van der Waals surface area contributed by atoms with Crippen LogP contribution in [0, 0.1) is 0 Å². The molecule has 0 saturated carbocycles. The van der Waals surface area contributed by atoms with Crippen molar-refractivity contribution in [2.45, 2.75) is 20.8 Å². The summed E-state index contributed by atoms with van der Waals surface area (Å²) in [6.45, 7) is 5.12. The Bertz CT molecular complexity index is 438. The van der Waals surface area contributed by atoms with Gasteiger partial charge in [-0.15, -0.1) is 0 Å². The van der Waals surface area contributed by atoms with Crippen LogP contribution in [0.2, 0.25) is 0 Å². The molecular formula is C13H16O6. The number of allylic oxidation sites excluding steroid dienone is 1. The van der Waals surface area contributed by atoms with E-state index in [0.717, 1.165) is 0 Å². The largest absolute Gasteiger partial charge is 0.462 e. The summed E-state index contributed by atoms with van der Waals surface area (Å²) in [5.41, 5.74) is -0.000180. The Balaban J connectivity index is 3.31. The van der Waals surface area contributed by atoms with Crippen molar-refractivity contribution in [2.75, 3.05) is 19.8 Å². The Morgan fingerprint density at radius 3 is 2.16 bits per heavy atom. The molecule has 0 bridgehead atoms. The number of ether oxygens (including phenoxy) is 3. The van der Waals surface area contributed by atoms with E-state index in [1.54, 1.807) is 26.8 Å². The summed E-state index contributed by atoms with van der Waals surface area (Å²) in [6, 6.07) is 0. The second-order valence-corrected chi connectivity index (χ2v) is 3.58. The van der Waals surface area contributed by atoms with Crippen molar-refractivity contribution < 1.29 is 28.6 Å². The summed E-state index contributed by atoms with van der Waals surface area (Å²) in [6.07, 6.45) is 1.61. The first kappa shape index (κ1) is 14.9. The molecule has 6 nitrogen and oxygen atoms in total. The molecule has 1 fully saturated rings. The number of carbonyl (C=O) groups is 3. The van der Waals surface area contributed by atoms with Gasteiger partial charge in [-0.2, -0.15) is 0 Å². The monoisotopic (exact) mass is 268 g/mol. The van der Waals surface area contributed by atoms with Crippen LogP contribution in [0.25, 0.3) is 0 Å². The summed E-state index contributed by atoms with van der Waals surface area (Å²) in [5, 5.41) is 0. The lowest BCUT2D eigenvalue weighted by Crippen LogP contribution is -2.22. The minimum atomic E-state index is -0.880. The van der Waals surface area contributed by atoms with Crippen molar-refractivity contribution in [2.24, 2.45) is 0 Å². The number of esters is 3. The average Bonchev–Trinajstić information content (AvgIpc) is 2.72. The zero-order valence-electron chi connectivity index (χ0n) is 11.1. The number of carbonyl (C=O) groups excluding carboxylic acids is 3. The van der Waals surface area contributed by atoms with E-state index in [9.17, 15) is 14.4 Å². The molecule has 0 amide bonds. The summed E-state index contributed by atoms with van der Waals surface area (Å²) >= 11 is 0. The number of rotatable bonds is 4. The highest BCUT2D eigenvalue weighted by Crippen LogP contribution is 2.25. The van der Waals surface area contributed by atoms with Gasteiger partial charge in [-0.05, 0) is 20.8 Å². The number of hydrogen-bond donors (Lipinski definition) is 0.